The fourth-order valence-corrected chi connectivity index (χ4v) is 1.44. The molecule has 0 aromatic carbocycles. The molecule has 1 aliphatic rings. The summed E-state index contributed by atoms with van der Waals surface area (Å²) in [6.45, 7) is 4.53. The molecule has 2 heteroatoms. The predicted octanol–water partition coefficient (Wildman–Crippen LogP) is 1.38. The van der Waals surface area contributed by atoms with Gasteiger partial charge in [-0.05, 0) is 32.9 Å². The maximum Gasteiger partial charge on any atom is 0.0638 e. The summed E-state index contributed by atoms with van der Waals surface area (Å²) in [6.07, 6.45) is 3.31. The minimum atomic E-state index is 0.479. The van der Waals surface area contributed by atoms with Crippen molar-refractivity contribution in [2.24, 2.45) is 0 Å². The molecule has 1 heterocycles. The summed E-state index contributed by atoms with van der Waals surface area (Å²) in [5, 5.41) is 8.42. The summed E-state index contributed by atoms with van der Waals surface area (Å²) in [5.74, 6) is 0. The molecular formula is C8H14N2. The number of likely N-dealkylation sites (tertiary alicyclic amines) is 1. The average molecular weight is 138 g/mol. The van der Waals surface area contributed by atoms with Crippen LogP contribution in [0.25, 0.3) is 0 Å². The molecule has 0 aromatic heterocycles. The van der Waals surface area contributed by atoms with Crippen LogP contribution in [0.5, 0.6) is 0 Å². The first-order valence-corrected chi connectivity index (χ1v) is 3.95. The van der Waals surface area contributed by atoms with Gasteiger partial charge in [0.05, 0.1) is 12.5 Å². The lowest BCUT2D eigenvalue weighted by atomic mass is 10.2. The van der Waals surface area contributed by atoms with Crippen molar-refractivity contribution in [3.05, 3.63) is 0 Å². The van der Waals surface area contributed by atoms with E-state index >= 15 is 0 Å². The molecule has 0 radical (unpaired) electrons. The van der Waals surface area contributed by atoms with E-state index in [1.807, 2.05) is 0 Å². The van der Waals surface area contributed by atoms with Crippen LogP contribution in [0.2, 0.25) is 0 Å². The number of nitriles is 1. The van der Waals surface area contributed by atoms with E-state index in [1.54, 1.807) is 0 Å². The van der Waals surface area contributed by atoms with Crippen molar-refractivity contribution in [3.8, 4) is 6.07 Å². The van der Waals surface area contributed by atoms with E-state index in [2.05, 4.69) is 17.9 Å². The molecule has 1 rings (SSSR count). The molecule has 1 atom stereocenters. The summed E-state index contributed by atoms with van der Waals surface area (Å²) in [7, 11) is 0. The largest absolute Gasteiger partial charge is 0.300 e. The van der Waals surface area contributed by atoms with Crippen molar-refractivity contribution >= 4 is 0 Å². The molecule has 10 heavy (non-hydrogen) atoms. The normalized spacial score (nSPS) is 22.4. The van der Waals surface area contributed by atoms with Crippen LogP contribution in [0.4, 0.5) is 0 Å². The number of rotatable bonds is 2. The summed E-state index contributed by atoms with van der Waals surface area (Å²) in [4.78, 5) is 2.39. The van der Waals surface area contributed by atoms with Crippen LogP contribution in [-0.4, -0.2) is 24.0 Å². The van der Waals surface area contributed by atoms with E-state index in [1.165, 1.54) is 25.9 Å². The van der Waals surface area contributed by atoms with Gasteiger partial charge in [0.25, 0.3) is 0 Å². The van der Waals surface area contributed by atoms with Crippen molar-refractivity contribution in [1.82, 2.24) is 4.90 Å². The molecule has 0 N–H and O–H groups in total. The Kier molecular flexibility index (Phi) is 2.70. The Labute approximate surface area is 62.4 Å². The van der Waals surface area contributed by atoms with Gasteiger partial charge in [0, 0.05) is 6.04 Å². The Morgan fingerprint density at radius 2 is 2.10 bits per heavy atom. The summed E-state index contributed by atoms with van der Waals surface area (Å²) in [5.41, 5.74) is 0. The van der Waals surface area contributed by atoms with Crippen LogP contribution < -0.4 is 0 Å². The highest BCUT2D eigenvalue weighted by molar-refractivity contribution is 4.81. The third-order valence-corrected chi connectivity index (χ3v) is 2.15. The van der Waals surface area contributed by atoms with Gasteiger partial charge in [0.1, 0.15) is 0 Å². The molecule has 0 saturated carbocycles. The highest BCUT2D eigenvalue weighted by Gasteiger charge is 2.16. The third kappa shape index (κ3) is 1.71. The Bertz CT molecular complexity index is 131. The zero-order valence-electron chi connectivity index (χ0n) is 6.51. The standard InChI is InChI=1S/C8H14N2/c1-8(4-5-9)10-6-2-3-7-10/h8H,2-4,6-7H2,1H3. The number of hydrogen-bond donors (Lipinski definition) is 0. The van der Waals surface area contributed by atoms with Crippen LogP contribution in [-0.2, 0) is 0 Å². The molecule has 1 fully saturated rings. The van der Waals surface area contributed by atoms with Crippen LogP contribution in [0.3, 0.4) is 0 Å². The first kappa shape index (κ1) is 7.56. The quantitative estimate of drug-likeness (QED) is 0.576. The molecule has 0 bridgehead atoms. The maximum absolute atomic E-state index is 8.42. The van der Waals surface area contributed by atoms with Gasteiger partial charge in [-0.3, -0.25) is 4.90 Å². The minimum absolute atomic E-state index is 0.479. The van der Waals surface area contributed by atoms with Gasteiger partial charge in [0.15, 0.2) is 0 Å². The van der Waals surface area contributed by atoms with E-state index in [4.69, 9.17) is 5.26 Å². The second kappa shape index (κ2) is 3.58. The van der Waals surface area contributed by atoms with Gasteiger partial charge in [-0.25, -0.2) is 0 Å². The van der Waals surface area contributed by atoms with Crippen molar-refractivity contribution in [1.29, 1.82) is 5.26 Å². The van der Waals surface area contributed by atoms with Crippen LogP contribution in [0, 0.1) is 11.3 Å². The molecule has 56 valence electrons. The number of hydrogen-bond acceptors (Lipinski definition) is 2. The second-order valence-corrected chi connectivity index (χ2v) is 2.95. The van der Waals surface area contributed by atoms with E-state index in [-0.39, 0.29) is 0 Å². The molecular weight excluding hydrogens is 124 g/mol. The first-order valence-electron chi connectivity index (χ1n) is 3.95. The third-order valence-electron chi connectivity index (χ3n) is 2.15. The lowest BCUT2D eigenvalue weighted by Crippen LogP contribution is -2.29. The Morgan fingerprint density at radius 3 is 2.60 bits per heavy atom. The van der Waals surface area contributed by atoms with Gasteiger partial charge in [0.2, 0.25) is 0 Å². The van der Waals surface area contributed by atoms with Crippen LogP contribution >= 0.6 is 0 Å². The fourth-order valence-electron chi connectivity index (χ4n) is 1.44. The Hall–Kier alpha value is -0.550. The molecule has 0 amide bonds. The lowest BCUT2D eigenvalue weighted by Gasteiger charge is -2.20. The molecule has 1 aliphatic heterocycles. The Morgan fingerprint density at radius 1 is 1.50 bits per heavy atom. The molecule has 2 nitrogen and oxygen atoms in total. The fraction of sp³-hybridized carbons (Fsp3) is 0.875. The zero-order valence-corrected chi connectivity index (χ0v) is 6.51. The van der Waals surface area contributed by atoms with Gasteiger partial charge in [-0.15, -0.1) is 0 Å². The van der Waals surface area contributed by atoms with Crippen LogP contribution in [0.1, 0.15) is 26.2 Å². The van der Waals surface area contributed by atoms with Crippen molar-refractivity contribution < 1.29 is 0 Å². The maximum atomic E-state index is 8.42. The SMILES string of the molecule is CC(CC#N)N1CCCC1. The number of nitrogens with zero attached hydrogens (tertiary/aromatic N) is 2. The van der Waals surface area contributed by atoms with E-state index < -0.39 is 0 Å². The van der Waals surface area contributed by atoms with E-state index in [0.29, 0.717) is 12.5 Å². The Balaban J connectivity index is 2.26. The lowest BCUT2D eigenvalue weighted by molar-refractivity contribution is 0.262. The van der Waals surface area contributed by atoms with Crippen molar-refractivity contribution in [2.45, 2.75) is 32.2 Å². The van der Waals surface area contributed by atoms with Crippen molar-refractivity contribution in [2.75, 3.05) is 13.1 Å². The molecule has 0 spiro atoms. The highest BCUT2D eigenvalue weighted by atomic mass is 15.2. The van der Waals surface area contributed by atoms with Gasteiger partial charge in [-0.1, -0.05) is 0 Å². The summed E-state index contributed by atoms with van der Waals surface area (Å²) < 4.78 is 0. The topological polar surface area (TPSA) is 27.0 Å². The zero-order chi connectivity index (χ0) is 7.40. The van der Waals surface area contributed by atoms with Gasteiger partial charge in [-0.2, -0.15) is 5.26 Å². The first-order chi connectivity index (χ1) is 4.84. The van der Waals surface area contributed by atoms with E-state index in [0.717, 1.165) is 0 Å². The monoisotopic (exact) mass is 138 g/mol. The minimum Gasteiger partial charge on any atom is -0.300 e. The second-order valence-electron chi connectivity index (χ2n) is 2.95. The van der Waals surface area contributed by atoms with Gasteiger partial charge < -0.3 is 0 Å². The average Bonchev–Trinajstić information content (AvgIpc) is 2.38. The van der Waals surface area contributed by atoms with Gasteiger partial charge >= 0.3 is 0 Å². The van der Waals surface area contributed by atoms with Crippen molar-refractivity contribution in [3.63, 3.8) is 0 Å². The molecule has 0 aliphatic carbocycles. The molecule has 1 saturated heterocycles. The molecule has 0 aromatic rings. The smallest absolute Gasteiger partial charge is 0.0638 e. The summed E-state index contributed by atoms with van der Waals surface area (Å²) >= 11 is 0. The van der Waals surface area contributed by atoms with E-state index in [9.17, 15) is 0 Å². The summed E-state index contributed by atoms with van der Waals surface area (Å²) in [6, 6.07) is 2.68. The predicted molar refractivity (Wildman–Crippen MR) is 40.5 cm³/mol. The molecule has 1 unspecified atom stereocenters. The van der Waals surface area contributed by atoms with Crippen LogP contribution in [0.15, 0.2) is 0 Å². The highest BCUT2D eigenvalue weighted by Crippen LogP contribution is 2.12.